The lowest BCUT2D eigenvalue weighted by molar-refractivity contribution is -0.145. The number of carbonyl (C=O) groups excluding carboxylic acids is 2. The minimum absolute atomic E-state index is 0.0368. The van der Waals surface area contributed by atoms with E-state index in [2.05, 4.69) is 10.1 Å². The minimum atomic E-state index is -1.20. The van der Waals surface area contributed by atoms with Crippen LogP contribution in [0.15, 0.2) is 0 Å². The van der Waals surface area contributed by atoms with Crippen LogP contribution in [-0.4, -0.2) is 35.6 Å². The highest BCUT2D eigenvalue weighted by atomic mass is 16.5. The number of carboxylic acid groups (broad SMARTS) is 1. The largest absolute Gasteiger partial charge is 0.480 e. The second-order valence-electron chi connectivity index (χ2n) is 3.46. The molecule has 0 aliphatic heterocycles. The number of ether oxygens (including phenoxy) is 1. The molecule has 0 rings (SSSR count). The van der Waals surface area contributed by atoms with Gasteiger partial charge in [0.05, 0.1) is 19.1 Å². The van der Waals surface area contributed by atoms with E-state index in [1.807, 2.05) is 0 Å². The lowest BCUT2D eigenvalue weighted by atomic mass is 10.1. The Morgan fingerprint density at radius 1 is 1.39 bits per heavy atom. The fourth-order valence-electron chi connectivity index (χ4n) is 1.18. The smallest absolute Gasteiger partial charge is 0.326 e. The summed E-state index contributed by atoms with van der Waals surface area (Å²) in [6.07, 6.45) is -0.147. The van der Waals surface area contributed by atoms with Gasteiger partial charge < -0.3 is 15.2 Å². The van der Waals surface area contributed by atoms with Crippen molar-refractivity contribution in [1.29, 1.82) is 5.26 Å². The van der Waals surface area contributed by atoms with E-state index in [9.17, 15) is 14.4 Å². The molecule has 0 saturated heterocycles. The molecule has 18 heavy (non-hydrogen) atoms. The number of rotatable bonds is 8. The summed E-state index contributed by atoms with van der Waals surface area (Å²) < 4.78 is 4.63. The topological polar surface area (TPSA) is 116 Å². The third kappa shape index (κ3) is 7.22. The lowest BCUT2D eigenvalue weighted by Gasteiger charge is -2.12. The highest BCUT2D eigenvalue weighted by Crippen LogP contribution is 1.99. The molecule has 0 bridgehead atoms. The van der Waals surface area contributed by atoms with Crippen LogP contribution in [-0.2, 0) is 19.1 Å². The Morgan fingerprint density at radius 3 is 2.56 bits per heavy atom. The van der Waals surface area contributed by atoms with Gasteiger partial charge in [-0.2, -0.15) is 5.26 Å². The molecule has 0 saturated carbocycles. The summed E-state index contributed by atoms with van der Waals surface area (Å²) in [5.41, 5.74) is 0. The van der Waals surface area contributed by atoms with Gasteiger partial charge in [0.25, 0.3) is 0 Å². The van der Waals surface area contributed by atoms with Gasteiger partial charge in [0.1, 0.15) is 6.04 Å². The normalized spacial score (nSPS) is 11.1. The van der Waals surface area contributed by atoms with Gasteiger partial charge in [-0.05, 0) is 13.3 Å². The summed E-state index contributed by atoms with van der Waals surface area (Å²) in [5.74, 6) is -2.25. The van der Waals surface area contributed by atoms with Gasteiger partial charge in [-0.25, -0.2) is 4.79 Å². The number of hydrogen-bond acceptors (Lipinski definition) is 5. The molecule has 0 aromatic rings. The van der Waals surface area contributed by atoms with E-state index in [0.717, 1.165) is 0 Å². The van der Waals surface area contributed by atoms with E-state index in [-0.39, 0.29) is 32.3 Å². The standard InChI is InChI=1S/C11H16N2O5/c1-2-18-10(15)6-5-9(14)13-8(11(16)17)4-3-7-12/h8H,2-6H2,1H3,(H,13,14)(H,16,17)/t8-/m1/s1. The SMILES string of the molecule is CCOC(=O)CCC(=O)N[C@H](CCC#N)C(=O)O. The van der Waals surface area contributed by atoms with Crippen molar-refractivity contribution in [2.75, 3.05) is 6.61 Å². The molecule has 1 amide bonds. The molecular formula is C11H16N2O5. The van der Waals surface area contributed by atoms with Crippen molar-refractivity contribution in [3.63, 3.8) is 0 Å². The molecule has 0 radical (unpaired) electrons. The van der Waals surface area contributed by atoms with E-state index in [1.165, 1.54) is 0 Å². The third-order valence-electron chi connectivity index (χ3n) is 2.04. The second-order valence-corrected chi connectivity index (χ2v) is 3.46. The van der Waals surface area contributed by atoms with Crippen LogP contribution in [0.2, 0.25) is 0 Å². The summed E-state index contributed by atoms with van der Waals surface area (Å²) in [6.45, 7) is 1.89. The summed E-state index contributed by atoms with van der Waals surface area (Å²) in [5, 5.41) is 19.4. The summed E-state index contributed by atoms with van der Waals surface area (Å²) >= 11 is 0. The van der Waals surface area contributed by atoms with E-state index in [0.29, 0.717) is 0 Å². The lowest BCUT2D eigenvalue weighted by Crippen LogP contribution is -2.40. The summed E-state index contributed by atoms with van der Waals surface area (Å²) in [7, 11) is 0. The van der Waals surface area contributed by atoms with Gasteiger partial charge in [-0.15, -0.1) is 0 Å². The maximum atomic E-state index is 11.4. The van der Waals surface area contributed by atoms with Crippen LogP contribution in [0.1, 0.15) is 32.6 Å². The fraction of sp³-hybridized carbons (Fsp3) is 0.636. The van der Waals surface area contributed by atoms with Gasteiger partial charge in [0.15, 0.2) is 0 Å². The molecule has 7 nitrogen and oxygen atoms in total. The quantitative estimate of drug-likeness (QED) is 0.599. The average molecular weight is 256 g/mol. The number of hydrogen-bond donors (Lipinski definition) is 2. The maximum Gasteiger partial charge on any atom is 0.326 e. The number of nitrogens with one attached hydrogen (secondary N) is 1. The Hall–Kier alpha value is -2.10. The van der Waals surface area contributed by atoms with Crippen molar-refractivity contribution >= 4 is 17.8 Å². The van der Waals surface area contributed by atoms with Crippen LogP contribution in [0.5, 0.6) is 0 Å². The maximum absolute atomic E-state index is 11.4. The van der Waals surface area contributed by atoms with Gasteiger partial charge in [-0.1, -0.05) is 0 Å². The second kappa shape index (κ2) is 8.98. The van der Waals surface area contributed by atoms with Crippen LogP contribution < -0.4 is 5.32 Å². The fourth-order valence-corrected chi connectivity index (χ4v) is 1.18. The number of carbonyl (C=O) groups is 3. The molecular weight excluding hydrogens is 240 g/mol. The Kier molecular flexibility index (Phi) is 7.94. The van der Waals surface area contributed by atoms with E-state index in [4.69, 9.17) is 10.4 Å². The van der Waals surface area contributed by atoms with Crippen molar-refractivity contribution in [1.82, 2.24) is 5.32 Å². The number of nitriles is 1. The van der Waals surface area contributed by atoms with Crippen LogP contribution in [0, 0.1) is 11.3 Å². The zero-order valence-corrected chi connectivity index (χ0v) is 10.1. The van der Waals surface area contributed by atoms with Gasteiger partial charge in [-0.3, -0.25) is 9.59 Å². The predicted octanol–water partition coefficient (Wildman–Crippen LogP) is 0.203. The molecule has 0 fully saturated rings. The minimum Gasteiger partial charge on any atom is -0.480 e. The summed E-state index contributed by atoms with van der Waals surface area (Å²) in [4.78, 5) is 33.1. The van der Waals surface area contributed by atoms with E-state index < -0.39 is 23.9 Å². The molecule has 0 aliphatic rings. The van der Waals surface area contributed by atoms with Crippen LogP contribution in [0.3, 0.4) is 0 Å². The molecule has 2 N–H and O–H groups in total. The van der Waals surface area contributed by atoms with Crippen molar-refractivity contribution in [2.24, 2.45) is 0 Å². The van der Waals surface area contributed by atoms with Crippen molar-refractivity contribution in [3.8, 4) is 6.07 Å². The first-order valence-corrected chi connectivity index (χ1v) is 5.56. The highest BCUT2D eigenvalue weighted by molar-refractivity contribution is 5.85. The predicted molar refractivity (Wildman–Crippen MR) is 60.3 cm³/mol. The number of aliphatic carboxylic acids is 1. The van der Waals surface area contributed by atoms with Gasteiger partial charge in [0, 0.05) is 12.8 Å². The molecule has 0 aromatic carbocycles. The first-order valence-electron chi connectivity index (χ1n) is 5.56. The van der Waals surface area contributed by atoms with Gasteiger partial charge >= 0.3 is 11.9 Å². The molecule has 0 heterocycles. The first kappa shape index (κ1) is 15.9. The molecule has 0 unspecified atom stereocenters. The van der Waals surface area contributed by atoms with Crippen LogP contribution >= 0.6 is 0 Å². The number of carboxylic acids is 1. The average Bonchev–Trinajstić information content (AvgIpc) is 2.32. The Balaban J connectivity index is 4.06. The molecule has 0 spiro atoms. The number of nitrogens with zero attached hydrogens (tertiary/aromatic N) is 1. The molecule has 0 aromatic heterocycles. The zero-order chi connectivity index (χ0) is 14.0. The Labute approximate surface area is 105 Å². The Morgan fingerprint density at radius 2 is 2.06 bits per heavy atom. The van der Waals surface area contributed by atoms with Crippen LogP contribution in [0.4, 0.5) is 0 Å². The summed E-state index contributed by atoms with van der Waals surface area (Å²) in [6, 6.07) is 0.707. The van der Waals surface area contributed by atoms with Crippen molar-refractivity contribution in [2.45, 2.75) is 38.6 Å². The monoisotopic (exact) mass is 256 g/mol. The highest BCUT2D eigenvalue weighted by Gasteiger charge is 2.19. The molecule has 7 heteroatoms. The first-order chi connectivity index (χ1) is 8.51. The third-order valence-corrected chi connectivity index (χ3v) is 2.04. The number of amides is 1. The molecule has 100 valence electrons. The number of esters is 1. The van der Waals surface area contributed by atoms with Crippen molar-refractivity contribution < 1.29 is 24.2 Å². The van der Waals surface area contributed by atoms with Crippen LogP contribution in [0.25, 0.3) is 0 Å². The van der Waals surface area contributed by atoms with Gasteiger partial charge in [0.2, 0.25) is 5.91 Å². The van der Waals surface area contributed by atoms with Crippen molar-refractivity contribution in [3.05, 3.63) is 0 Å². The van der Waals surface area contributed by atoms with E-state index in [1.54, 1.807) is 13.0 Å². The molecule has 1 atom stereocenters. The zero-order valence-electron chi connectivity index (χ0n) is 10.1. The Bertz CT molecular complexity index is 348. The molecule has 0 aliphatic carbocycles. The van der Waals surface area contributed by atoms with E-state index >= 15 is 0 Å².